The summed E-state index contributed by atoms with van der Waals surface area (Å²) in [4.78, 5) is 77.5. The lowest BCUT2D eigenvalue weighted by Gasteiger charge is -2.13. The standard InChI is InChI=1S/C19H20N4O4.C18H20N4O4.C18H20N4O3.C17H15FN4O3/c1-25-13-7-12-8-14(9-13)26-5-3-2-4-6-27-16-10-15-17(18(20)21-16)22-19(24)23(15)11-12;1-24-12-6-11-7-13(8-12)25-4-2-3-5-26-15-9-14-16(17(19)20-15)21-18(23)22(14)10-11;19-17-16-14-10-15(20-17)25-8-3-1-2-7-24-13-6-4-5-12(9-13)11-22(14)18(23)21-16;18-11-4-3-10-7-13(11)24-5-1-2-6-25-14-8-12-15(16(19)20-14)21-17(23)22(12)9-10/h2-3,7-10H,4-6,11H2,1H3,(H2,20,21)(H,22,24);6-9H,2-5,10H2,1H3,(H2,19,20)(H,21,23);4-6,9-10H,1-3,7-8,11H2,(H2,19,20)(H,21,23);1-4,7-8H,5-6,9H2,(H2,19,20)(H,21,23)/b3-2+;;;2-1+. The molecule has 0 atom stereocenters. The molecule has 16 rings (SSSR count). The van der Waals surface area contributed by atoms with Crippen molar-refractivity contribution in [3.05, 3.63) is 197 Å². The van der Waals surface area contributed by atoms with E-state index >= 15 is 0 Å². The molecule has 4 aliphatic rings. The Labute approximate surface area is 585 Å². The van der Waals surface area contributed by atoms with Gasteiger partial charge in [-0.25, -0.2) is 23.6 Å². The van der Waals surface area contributed by atoms with E-state index in [0.717, 1.165) is 60.1 Å². The van der Waals surface area contributed by atoms with Crippen molar-refractivity contribution in [1.29, 1.82) is 0 Å². The molecule has 534 valence electrons. The van der Waals surface area contributed by atoms with E-state index in [1.165, 1.54) is 10.6 Å². The molecule has 12 N–H and O–H groups in total. The van der Waals surface area contributed by atoms with Crippen molar-refractivity contribution < 1.29 is 51.8 Å². The van der Waals surface area contributed by atoms with Crippen LogP contribution in [-0.4, -0.2) is 125 Å². The molecule has 103 heavy (non-hydrogen) atoms. The third-order valence-electron chi connectivity index (χ3n) is 16.9. The van der Waals surface area contributed by atoms with Gasteiger partial charge in [-0.05, 0) is 121 Å². The van der Waals surface area contributed by atoms with E-state index in [-0.39, 0.29) is 71.5 Å². The molecule has 8 aromatic heterocycles. The maximum absolute atomic E-state index is 13.9. The smallest absolute Gasteiger partial charge is 0.326 e. The molecule has 30 nitrogen and oxygen atoms in total. The second-order valence-corrected chi connectivity index (χ2v) is 24.1. The number of aromatic amines is 4. The predicted molar refractivity (Wildman–Crippen MR) is 384 cm³/mol. The first-order valence-electron chi connectivity index (χ1n) is 33.2. The maximum atomic E-state index is 13.9. The number of halogens is 1. The van der Waals surface area contributed by atoms with E-state index in [1.807, 2.05) is 72.8 Å². The van der Waals surface area contributed by atoms with E-state index in [9.17, 15) is 23.6 Å². The molecule has 0 fully saturated rings. The quantitative estimate of drug-likeness (QED) is 0.0757. The number of methoxy groups -OCH3 is 2. The summed E-state index contributed by atoms with van der Waals surface area (Å²) in [6, 6.07) is 30.4. The minimum atomic E-state index is -0.456. The lowest BCUT2D eigenvalue weighted by Crippen LogP contribution is -2.17. The average Bonchev–Trinajstić information content (AvgIpc) is 1.59. The first-order chi connectivity index (χ1) is 50.1. The summed E-state index contributed by atoms with van der Waals surface area (Å²) in [7, 11) is 3.20. The number of H-pyrrole nitrogens is 4. The van der Waals surface area contributed by atoms with Crippen LogP contribution in [0.25, 0.3) is 44.1 Å². The van der Waals surface area contributed by atoms with Crippen molar-refractivity contribution in [2.45, 2.75) is 64.7 Å². The van der Waals surface area contributed by atoms with Crippen molar-refractivity contribution in [3.63, 3.8) is 0 Å². The number of hydrogen-bond acceptors (Lipinski definition) is 22. The Kier molecular flexibility index (Phi) is 20.8. The number of aromatic nitrogens is 12. The van der Waals surface area contributed by atoms with Gasteiger partial charge in [0.25, 0.3) is 0 Å². The number of rotatable bonds is 2. The second-order valence-electron chi connectivity index (χ2n) is 24.1. The Hall–Kier alpha value is -12.8. The summed E-state index contributed by atoms with van der Waals surface area (Å²) in [5, 5.41) is 0. The van der Waals surface area contributed by atoms with Gasteiger partial charge in [0, 0.05) is 36.4 Å². The molecular weight excluding hydrogens is 1330 g/mol. The van der Waals surface area contributed by atoms with Gasteiger partial charge in [0.2, 0.25) is 23.5 Å². The largest absolute Gasteiger partial charge is 0.497 e. The zero-order chi connectivity index (χ0) is 71.5. The van der Waals surface area contributed by atoms with Gasteiger partial charge in [-0.3, -0.25) is 18.3 Å². The Morgan fingerprint density at radius 3 is 1.27 bits per heavy atom. The predicted octanol–water partition coefficient (Wildman–Crippen LogP) is 8.11. The fourth-order valence-corrected chi connectivity index (χ4v) is 11.9. The van der Waals surface area contributed by atoms with Crippen LogP contribution in [0.3, 0.4) is 0 Å². The van der Waals surface area contributed by atoms with Gasteiger partial charge in [-0.2, -0.15) is 19.9 Å². The van der Waals surface area contributed by atoms with Gasteiger partial charge < -0.3 is 90.2 Å². The van der Waals surface area contributed by atoms with Crippen LogP contribution in [0.5, 0.6) is 58.0 Å². The van der Waals surface area contributed by atoms with E-state index in [4.69, 9.17) is 70.3 Å². The fraction of sp³-hybridized carbons (Fsp3) is 0.278. The van der Waals surface area contributed by atoms with Crippen LogP contribution in [-0.2, 0) is 26.2 Å². The number of ether oxygens (including phenoxy) is 10. The van der Waals surface area contributed by atoms with E-state index in [0.29, 0.717) is 156 Å². The third kappa shape index (κ3) is 16.3. The van der Waals surface area contributed by atoms with Gasteiger partial charge in [-0.1, -0.05) is 30.4 Å². The summed E-state index contributed by atoms with van der Waals surface area (Å²) in [5.41, 5.74) is 30.8. The highest BCUT2D eigenvalue weighted by Gasteiger charge is 2.20. The molecule has 16 bridgehead atoms. The molecule has 0 radical (unpaired) electrons. The molecule has 0 saturated heterocycles. The van der Waals surface area contributed by atoms with Crippen LogP contribution in [0.4, 0.5) is 27.7 Å². The molecule has 0 amide bonds. The van der Waals surface area contributed by atoms with Gasteiger partial charge in [0.1, 0.15) is 70.6 Å². The van der Waals surface area contributed by atoms with Gasteiger partial charge in [-0.15, -0.1) is 0 Å². The molecule has 4 aromatic carbocycles. The van der Waals surface area contributed by atoms with Crippen molar-refractivity contribution in [3.8, 4) is 58.0 Å². The van der Waals surface area contributed by atoms with Gasteiger partial charge in [0.15, 0.2) is 34.8 Å². The topological polar surface area (TPSA) is 399 Å². The summed E-state index contributed by atoms with van der Waals surface area (Å²) in [6.45, 7) is 4.93. The van der Waals surface area contributed by atoms with E-state index < -0.39 is 5.82 Å². The second kappa shape index (κ2) is 31.2. The first kappa shape index (κ1) is 68.7. The number of nitrogens with one attached hydrogen (secondary N) is 4. The molecule has 12 aromatic rings. The number of nitrogens with two attached hydrogens (primary N) is 4. The number of nitrogens with zero attached hydrogens (tertiary/aromatic N) is 8. The highest BCUT2D eigenvalue weighted by Crippen LogP contribution is 2.31. The van der Waals surface area contributed by atoms with Crippen LogP contribution in [0.2, 0.25) is 0 Å². The normalized spacial score (nSPS) is 15.1. The summed E-state index contributed by atoms with van der Waals surface area (Å²) < 4.78 is 76.4. The Morgan fingerprint density at radius 2 is 0.777 bits per heavy atom. The number of hydrogen-bond donors (Lipinski definition) is 8. The molecule has 0 spiro atoms. The van der Waals surface area contributed by atoms with Crippen molar-refractivity contribution in [2.24, 2.45) is 0 Å². The number of pyridine rings is 4. The Bertz CT molecular complexity index is 5400. The highest BCUT2D eigenvalue weighted by molar-refractivity contribution is 5.88. The van der Waals surface area contributed by atoms with Gasteiger partial charge in [0.05, 0.1) is 95.5 Å². The molecule has 31 heteroatoms. The lowest BCUT2D eigenvalue weighted by molar-refractivity contribution is 0.260. The van der Waals surface area contributed by atoms with Crippen LogP contribution in [0.15, 0.2) is 147 Å². The minimum absolute atomic E-state index is 0.134. The average molecular weight is 1410 g/mol. The van der Waals surface area contributed by atoms with Crippen LogP contribution >= 0.6 is 0 Å². The highest BCUT2D eigenvalue weighted by atomic mass is 19.1. The Balaban J connectivity index is 0.000000122. The van der Waals surface area contributed by atoms with Crippen molar-refractivity contribution >= 4 is 67.4 Å². The molecule has 0 saturated carbocycles. The third-order valence-corrected chi connectivity index (χ3v) is 16.9. The number of imidazole rings is 4. The van der Waals surface area contributed by atoms with E-state index in [1.54, 1.807) is 76.5 Å². The van der Waals surface area contributed by atoms with Crippen LogP contribution < -0.4 is 93.1 Å². The first-order valence-corrected chi connectivity index (χ1v) is 33.2. The monoisotopic (exact) mass is 1410 g/mol. The minimum Gasteiger partial charge on any atom is -0.497 e. The van der Waals surface area contributed by atoms with Crippen LogP contribution in [0.1, 0.15) is 60.8 Å². The van der Waals surface area contributed by atoms with Gasteiger partial charge >= 0.3 is 22.8 Å². The molecular formula is C72H75FN16O14. The summed E-state index contributed by atoms with van der Waals surface area (Å²) >= 11 is 0. The molecule has 0 unspecified atom stereocenters. The van der Waals surface area contributed by atoms with Crippen molar-refractivity contribution in [1.82, 2.24) is 58.1 Å². The summed E-state index contributed by atoms with van der Waals surface area (Å²) in [5.74, 6) is 5.72. The zero-order valence-corrected chi connectivity index (χ0v) is 56.3. The number of anilines is 4. The Morgan fingerprint density at radius 1 is 0.388 bits per heavy atom. The molecule has 12 heterocycles. The number of nitrogen functional groups attached to an aromatic ring is 4. The molecule has 0 aliphatic carbocycles. The number of fused-ring (bicyclic) bond motifs is 12. The SMILES string of the molecule is COc1cc2cc(c1)OC/C=C/CCOc1cc3c([nH]c(=O)n3C2)c(N)n1.COc1cc2cc(c1)OCCCCOc1cc3c([nH]c(=O)n3C2)c(N)n1.Nc1nc2cc3c1[nH]c(=O)n3Cc1ccc(F)c(c1)OC/C=C/CO2.Nc1nc2cc3c1[nH]c(=O)n3Cc1cccc(c1)OCCCCCO2. The summed E-state index contributed by atoms with van der Waals surface area (Å²) in [6.07, 6.45) is 12.6. The van der Waals surface area contributed by atoms with Crippen molar-refractivity contribution in [2.75, 3.05) is 90.0 Å². The molecule has 4 aliphatic heterocycles. The zero-order valence-electron chi connectivity index (χ0n) is 56.3. The maximum Gasteiger partial charge on any atom is 0.326 e. The van der Waals surface area contributed by atoms with E-state index in [2.05, 4.69) is 39.9 Å². The fourth-order valence-electron chi connectivity index (χ4n) is 11.9. The lowest BCUT2D eigenvalue weighted by atomic mass is 10.2. The number of benzene rings is 4. The van der Waals surface area contributed by atoms with Crippen LogP contribution in [0, 0.1) is 5.82 Å².